The molecule has 0 spiro atoms. The molecule has 4 nitrogen and oxygen atoms in total. The van der Waals surface area contributed by atoms with Crippen LogP contribution in [0.15, 0.2) is 59.8 Å². The smallest absolute Gasteiger partial charge is 0.191 e. The average molecular weight is 369 g/mol. The summed E-state index contributed by atoms with van der Waals surface area (Å²) in [6.07, 6.45) is 3.11. The summed E-state index contributed by atoms with van der Waals surface area (Å²) >= 11 is 1.66. The van der Waals surface area contributed by atoms with Crippen molar-refractivity contribution in [3.05, 3.63) is 60.4 Å². The summed E-state index contributed by atoms with van der Waals surface area (Å²) in [7, 11) is 0. The Morgan fingerprint density at radius 3 is 2.58 bits per heavy atom. The van der Waals surface area contributed by atoms with Crippen LogP contribution in [-0.4, -0.2) is 27.1 Å². The lowest BCUT2D eigenvalue weighted by atomic mass is 10.2. The van der Waals surface area contributed by atoms with Gasteiger partial charge in [-0.2, -0.15) is 0 Å². The van der Waals surface area contributed by atoms with Crippen molar-refractivity contribution in [2.24, 2.45) is 0 Å². The predicted molar refractivity (Wildman–Crippen MR) is 101 cm³/mol. The van der Waals surface area contributed by atoms with E-state index in [1.807, 2.05) is 36.4 Å². The molecule has 1 saturated carbocycles. The van der Waals surface area contributed by atoms with Crippen molar-refractivity contribution in [2.45, 2.75) is 30.5 Å². The van der Waals surface area contributed by atoms with Gasteiger partial charge in [0.25, 0.3) is 0 Å². The molecule has 0 saturated heterocycles. The number of aromatic nitrogens is 3. The third-order valence-electron chi connectivity index (χ3n) is 4.22. The fraction of sp³-hybridized carbons (Fsp3) is 0.300. The summed E-state index contributed by atoms with van der Waals surface area (Å²) in [5.74, 6) is 2.15. The Bertz CT molecular complexity index is 865. The second-order valence-electron chi connectivity index (χ2n) is 6.25. The molecule has 0 N–H and O–H groups in total. The minimum atomic E-state index is -0.255. The first-order valence-corrected chi connectivity index (χ1v) is 9.82. The molecular weight excluding hydrogens is 349 g/mol. The zero-order chi connectivity index (χ0) is 17.8. The van der Waals surface area contributed by atoms with Gasteiger partial charge in [-0.15, -0.1) is 10.2 Å². The fourth-order valence-electron chi connectivity index (χ4n) is 2.79. The van der Waals surface area contributed by atoms with Gasteiger partial charge in [0, 0.05) is 11.8 Å². The molecule has 1 aromatic heterocycles. The second kappa shape index (κ2) is 7.91. The zero-order valence-corrected chi connectivity index (χ0v) is 15.2. The maximum absolute atomic E-state index is 14.2. The Kier molecular flexibility index (Phi) is 5.20. The SMILES string of the molecule is Fc1ccccc1-c1nnc(SCCCOc2ccccc2)n1C1CC1. The normalized spacial score (nSPS) is 13.7. The van der Waals surface area contributed by atoms with Crippen LogP contribution in [0.1, 0.15) is 25.3 Å². The van der Waals surface area contributed by atoms with Crippen molar-refractivity contribution in [1.82, 2.24) is 14.8 Å². The number of halogens is 1. The molecule has 26 heavy (non-hydrogen) atoms. The maximum Gasteiger partial charge on any atom is 0.191 e. The molecule has 3 aromatic rings. The molecule has 6 heteroatoms. The molecule has 1 aliphatic carbocycles. The van der Waals surface area contributed by atoms with Crippen LogP contribution in [0.2, 0.25) is 0 Å². The van der Waals surface area contributed by atoms with Crippen LogP contribution < -0.4 is 4.74 Å². The average Bonchev–Trinajstić information content (AvgIpc) is 3.43. The molecule has 0 bridgehead atoms. The second-order valence-corrected chi connectivity index (χ2v) is 7.31. The summed E-state index contributed by atoms with van der Waals surface area (Å²) in [4.78, 5) is 0. The number of benzene rings is 2. The highest BCUT2D eigenvalue weighted by atomic mass is 32.2. The van der Waals surface area contributed by atoms with Gasteiger partial charge in [0.2, 0.25) is 0 Å². The molecule has 134 valence electrons. The lowest BCUT2D eigenvalue weighted by Gasteiger charge is -2.09. The molecule has 0 radical (unpaired) electrons. The van der Waals surface area contributed by atoms with Gasteiger partial charge in [0.15, 0.2) is 11.0 Å². The molecule has 0 atom stereocenters. The topological polar surface area (TPSA) is 39.9 Å². The fourth-order valence-corrected chi connectivity index (χ4v) is 3.71. The van der Waals surface area contributed by atoms with Gasteiger partial charge < -0.3 is 4.74 Å². The molecule has 2 aromatic carbocycles. The monoisotopic (exact) mass is 369 g/mol. The van der Waals surface area contributed by atoms with Gasteiger partial charge in [-0.05, 0) is 43.5 Å². The minimum absolute atomic E-state index is 0.255. The van der Waals surface area contributed by atoms with E-state index in [4.69, 9.17) is 4.74 Å². The van der Waals surface area contributed by atoms with E-state index in [1.165, 1.54) is 6.07 Å². The van der Waals surface area contributed by atoms with Crippen LogP contribution in [-0.2, 0) is 0 Å². The lowest BCUT2D eigenvalue weighted by molar-refractivity contribution is 0.318. The van der Waals surface area contributed by atoms with E-state index in [9.17, 15) is 4.39 Å². The largest absolute Gasteiger partial charge is 0.494 e. The molecule has 1 aliphatic rings. The van der Waals surface area contributed by atoms with Gasteiger partial charge in [0.05, 0.1) is 12.2 Å². The van der Waals surface area contributed by atoms with E-state index in [0.717, 1.165) is 35.9 Å². The van der Waals surface area contributed by atoms with Crippen molar-refractivity contribution in [1.29, 1.82) is 0 Å². The van der Waals surface area contributed by atoms with Gasteiger partial charge in [-0.1, -0.05) is 42.1 Å². The molecule has 1 fully saturated rings. The van der Waals surface area contributed by atoms with Crippen LogP contribution in [0.25, 0.3) is 11.4 Å². The molecule has 0 unspecified atom stereocenters. The van der Waals surface area contributed by atoms with Crippen LogP contribution >= 0.6 is 11.8 Å². The van der Waals surface area contributed by atoms with Gasteiger partial charge in [-0.3, -0.25) is 4.57 Å². The number of thioether (sulfide) groups is 1. The molecule has 1 heterocycles. The predicted octanol–water partition coefficient (Wildman–Crippen LogP) is 4.98. The van der Waals surface area contributed by atoms with Crippen molar-refractivity contribution < 1.29 is 9.13 Å². The first-order valence-electron chi connectivity index (χ1n) is 8.83. The number of hydrogen-bond donors (Lipinski definition) is 0. The zero-order valence-electron chi connectivity index (χ0n) is 14.3. The van der Waals surface area contributed by atoms with Crippen molar-refractivity contribution in [2.75, 3.05) is 12.4 Å². The quantitative estimate of drug-likeness (QED) is 0.415. The Morgan fingerprint density at radius 2 is 1.81 bits per heavy atom. The van der Waals surface area contributed by atoms with Gasteiger partial charge >= 0.3 is 0 Å². The molecular formula is C20H20FN3OS. The Morgan fingerprint density at radius 1 is 1.04 bits per heavy atom. The summed E-state index contributed by atoms with van der Waals surface area (Å²) in [5, 5.41) is 9.46. The first kappa shape index (κ1) is 17.1. The lowest BCUT2D eigenvalue weighted by Crippen LogP contribution is -2.02. The van der Waals surface area contributed by atoms with E-state index >= 15 is 0 Å². The van der Waals surface area contributed by atoms with E-state index in [2.05, 4.69) is 14.8 Å². The van der Waals surface area contributed by atoms with Crippen LogP contribution in [0.3, 0.4) is 0 Å². The third-order valence-corrected chi connectivity index (χ3v) is 5.25. The first-order chi connectivity index (χ1) is 12.8. The Labute approximate surface area is 156 Å². The summed E-state index contributed by atoms with van der Waals surface area (Å²) < 4.78 is 22.0. The minimum Gasteiger partial charge on any atom is -0.494 e. The third kappa shape index (κ3) is 3.90. The van der Waals surface area contributed by atoms with Crippen molar-refractivity contribution >= 4 is 11.8 Å². The van der Waals surface area contributed by atoms with E-state index in [0.29, 0.717) is 24.0 Å². The van der Waals surface area contributed by atoms with E-state index in [1.54, 1.807) is 23.9 Å². The summed E-state index contributed by atoms with van der Waals surface area (Å²) in [6.45, 7) is 0.661. The van der Waals surface area contributed by atoms with Crippen LogP contribution in [0, 0.1) is 5.82 Å². The highest BCUT2D eigenvalue weighted by Gasteiger charge is 2.30. The summed E-state index contributed by atoms with van der Waals surface area (Å²) in [5.41, 5.74) is 0.520. The summed E-state index contributed by atoms with van der Waals surface area (Å²) in [6, 6.07) is 17.0. The van der Waals surface area contributed by atoms with Crippen LogP contribution in [0.4, 0.5) is 4.39 Å². The number of para-hydroxylation sites is 1. The molecule has 0 aliphatic heterocycles. The molecule has 4 rings (SSSR count). The van der Waals surface area contributed by atoms with Gasteiger partial charge in [-0.25, -0.2) is 4.39 Å². The highest BCUT2D eigenvalue weighted by molar-refractivity contribution is 7.99. The maximum atomic E-state index is 14.2. The molecule has 0 amide bonds. The van der Waals surface area contributed by atoms with Crippen molar-refractivity contribution in [3.63, 3.8) is 0 Å². The Hall–Kier alpha value is -2.34. The number of ether oxygens (including phenoxy) is 1. The highest BCUT2D eigenvalue weighted by Crippen LogP contribution is 2.41. The van der Waals surface area contributed by atoms with Crippen LogP contribution in [0.5, 0.6) is 5.75 Å². The van der Waals surface area contributed by atoms with Gasteiger partial charge in [0.1, 0.15) is 11.6 Å². The van der Waals surface area contributed by atoms with E-state index in [-0.39, 0.29) is 5.82 Å². The van der Waals surface area contributed by atoms with Crippen molar-refractivity contribution in [3.8, 4) is 17.1 Å². The van der Waals surface area contributed by atoms with E-state index < -0.39 is 0 Å². The number of hydrogen-bond acceptors (Lipinski definition) is 4. The Balaban J connectivity index is 1.39. The number of nitrogens with zero attached hydrogens (tertiary/aromatic N) is 3. The standard InChI is InChI=1S/C20H20FN3OS/c21-18-10-5-4-9-17(18)19-22-23-20(24(19)15-11-12-15)26-14-6-13-25-16-7-2-1-3-8-16/h1-5,7-10,15H,6,11-14H2. The number of rotatable bonds is 8.